The van der Waals surface area contributed by atoms with E-state index in [0.29, 0.717) is 48.4 Å². The molecule has 2 aromatic heterocycles. The van der Waals surface area contributed by atoms with Crippen LogP contribution in [-0.2, 0) is 12.8 Å². The van der Waals surface area contributed by atoms with Crippen LogP contribution < -0.4 is 33.6 Å². The first-order chi connectivity index (χ1) is 20.9. The Morgan fingerprint density at radius 3 is 1.40 bits per heavy atom. The van der Waals surface area contributed by atoms with E-state index >= 15 is 0 Å². The van der Waals surface area contributed by atoms with E-state index in [2.05, 4.69) is 70.4 Å². The maximum absolute atomic E-state index is 6.46. The minimum atomic E-state index is 0. The first-order valence-corrected chi connectivity index (χ1v) is 15.5. The molecule has 240 valence electrons. The summed E-state index contributed by atoms with van der Waals surface area (Å²) < 4.78 is 0. The van der Waals surface area contributed by atoms with Gasteiger partial charge in [0, 0.05) is 48.4 Å². The van der Waals surface area contributed by atoms with Crippen molar-refractivity contribution in [1.82, 2.24) is 19.9 Å². The lowest BCUT2D eigenvalue weighted by atomic mass is 9.87. The number of halogens is 2. The SMILES string of the molecule is CC1CC(C)c2cc(Cc3cnc(N)nc3N)cc(Cl)c2N1.CC1CC(C)c2cc(Cc3cnc(N)nc3N)cc(Cl)c2N1.O. The highest BCUT2D eigenvalue weighted by Crippen LogP contribution is 2.41. The Morgan fingerprint density at radius 2 is 1.04 bits per heavy atom. The van der Waals surface area contributed by atoms with Gasteiger partial charge in [-0.05, 0) is 72.9 Å². The fourth-order valence-corrected chi connectivity index (χ4v) is 6.77. The number of nitrogens with one attached hydrogen (secondary N) is 2. The van der Waals surface area contributed by atoms with Gasteiger partial charge in [0.15, 0.2) is 0 Å². The third-order valence-corrected chi connectivity index (χ3v) is 8.84. The molecule has 0 saturated carbocycles. The average molecular weight is 654 g/mol. The largest absolute Gasteiger partial charge is 0.412 e. The van der Waals surface area contributed by atoms with Crippen molar-refractivity contribution < 1.29 is 5.48 Å². The smallest absolute Gasteiger partial charge is 0.221 e. The van der Waals surface area contributed by atoms with Crippen LogP contribution in [0.1, 0.15) is 85.8 Å². The highest BCUT2D eigenvalue weighted by molar-refractivity contribution is 6.34. The number of fused-ring (bicyclic) bond motifs is 2. The number of anilines is 6. The molecular formula is C32H42Cl2N10O. The van der Waals surface area contributed by atoms with Crippen LogP contribution in [0.25, 0.3) is 0 Å². The number of nitrogen functional groups attached to an aromatic ring is 4. The third kappa shape index (κ3) is 7.78. The van der Waals surface area contributed by atoms with Gasteiger partial charge in [-0.25, -0.2) is 9.97 Å². The fourth-order valence-electron chi connectivity index (χ4n) is 6.16. The number of nitrogens with zero attached hydrogens (tertiary/aromatic N) is 4. The zero-order chi connectivity index (χ0) is 31.7. The van der Waals surface area contributed by atoms with E-state index in [0.717, 1.165) is 56.5 Å². The van der Waals surface area contributed by atoms with Crippen molar-refractivity contribution in [3.05, 3.63) is 80.1 Å². The summed E-state index contributed by atoms with van der Waals surface area (Å²) in [7, 11) is 0. The standard InChI is InChI=1S/2C16H20ClN5.H2O/c2*1-8-3-9(2)21-14-12(8)5-10(6-13(14)17)4-11-7-20-16(19)22-15(11)18;/h2*5-9,21H,3-4H2,1-2H3,(H4,18,19,20,22);1H2. The van der Waals surface area contributed by atoms with Gasteiger partial charge in [0.2, 0.25) is 11.9 Å². The Labute approximate surface area is 273 Å². The van der Waals surface area contributed by atoms with Gasteiger partial charge in [-0.1, -0.05) is 49.2 Å². The summed E-state index contributed by atoms with van der Waals surface area (Å²) in [5.74, 6) is 2.17. The molecule has 0 fully saturated rings. The Hall–Kier alpha value is -4.06. The molecule has 13 heteroatoms. The number of nitrogens with two attached hydrogens (primary N) is 4. The van der Waals surface area contributed by atoms with Crippen LogP contribution >= 0.6 is 23.2 Å². The molecule has 4 unspecified atom stereocenters. The molecule has 4 aromatic rings. The van der Waals surface area contributed by atoms with Gasteiger partial charge in [-0.2, -0.15) is 9.97 Å². The number of hydrogen-bond acceptors (Lipinski definition) is 10. The van der Waals surface area contributed by atoms with Gasteiger partial charge >= 0.3 is 0 Å². The number of hydrogen-bond donors (Lipinski definition) is 6. The predicted molar refractivity (Wildman–Crippen MR) is 186 cm³/mol. The zero-order valence-corrected chi connectivity index (χ0v) is 27.5. The zero-order valence-electron chi connectivity index (χ0n) is 26.0. The van der Waals surface area contributed by atoms with E-state index < -0.39 is 0 Å². The summed E-state index contributed by atoms with van der Waals surface area (Å²) in [6.07, 6.45) is 6.83. The predicted octanol–water partition coefficient (Wildman–Crippen LogP) is 5.56. The maximum atomic E-state index is 6.46. The molecule has 0 bridgehead atoms. The van der Waals surface area contributed by atoms with Crippen LogP contribution in [-0.4, -0.2) is 37.5 Å². The summed E-state index contributed by atoms with van der Waals surface area (Å²) >= 11 is 12.9. The number of benzene rings is 2. The molecule has 0 radical (unpaired) electrons. The molecular weight excluding hydrogens is 611 g/mol. The van der Waals surface area contributed by atoms with E-state index in [1.807, 2.05) is 12.1 Å². The van der Waals surface area contributed by atoms with Crippen molar-refractivity contribution in [3.8, 4) is 0 Å². The molecule has 12 N–H and O–H groups in total. The molecule has 0 spiro atoms. The first kappa shape index (κ1) is 33.8. The van der Waals surface area contributed by atoms with E-state index in [1.54, 1.807) is 12.4 Å². The van der Waals surface area contributed by atoms with E-state index in [4.69, 9.17) is 46.1 Å². The van der Waals surface area contributed by atoms with Gasteiger partial charge in [-0.3, -0.25) is 0 Å². The summed E-state index contributed by atoms with van der Waals surface area (Å²) in [6, 6.07) is 9.22. The van der Waals surface area contributed by atoms with Crippen LogP contribution in [0.3, 0.4) is 0 Å². The summed E-state index contributed by atoms with van der Waals surface area (Å²) in [5.41, 5.74) is 31.4. The lowest BCUT2D eigenvalue weighted by Gasteiger charge is -2.30. The molecule has 0 aliphatic carbocycles. The lowest BCUT2D eigenvalue weighted by molar-refractivity contribution is 0.589. The van der Waals surface area contributed by atoms with Gasteiger partial charge < -0.3 is 39.0 Å². The van der Waals surface area contributed by atoms with Crippen LogP contribution in [0.4, 0.5) is 34.9 Å². The van der Waals surface area contributed by atoms with Gasteiger partial charge in [0.25, 0.3) is 0 Å². The highest BCUT2D eigenvalue weighted by atomic mass is 35.5. The molecule has 2 aliphatic heterocycles. The normalized spacial score (nSPS) is 19.9. The molecule has 11 nitrogen and oxygen atoms in total. The van der Waals surface area contributed by atoms with Crippen LogP contribution in [0, 0.1) is 0 Å². The second kappa shape index (κ2) is 13.9. The van der Waals surface area contributed by atoms with Gasteiger partial charge in [0.1, 0.15) is 11.6 Å². The Morgan fingerprint density at radius 1 is 0.667 bits per heavy atom. The lowest BCUT2D eigenvalue weighted by Crippen LogP contribution is -2.24. The second-order valence-corrected chi connectivity index (χ2v) is 12.9. The molecule has 0 amide bonds. The molecule has 2 aromatic carbocycles. The fraction of sp³-hybridized carbons (Fsp3) is 0.375. The van der Waals surface area contributed by atoms with Crippen molar-refractivity contribution in [1.29, 1.82) is 0 Å². The molecule has 0 saturated heterocycles. The number of aromatic nitrogens is 4. The molecule has 45 heavy (non-hydrogen) atoms. The van der Waals surface area contributed by atoms with Crippen LogP contribution in [0.5, 0.6) is 0 Å². The quantitative estimate of drug-likeness (QED) is 0.161. The monoisotopic (exact) mass is 652 g/mol. The van der Waals surface area contributed by atoms with Crippen LogP contribution in [0.2, 0.25) is 10.0 Å². The number of rotatable bonds is 4. The summed E-state index contributed by atoms with van der Waals surface area (Å²) in [5, 5.41) is 8.44. The van der Waals surface area contributed by atoms with Gasteiger partial charge in [0.05, 0.1) is 21.4 Å². The highest BCUT2D eigenvalue weighted by Gasteiger charge is 2.25. The summed E-state index contributed by atoms with van der Waals surface area (Å²) in [4.78, 5) is 16.0. The topological polar surface area (TPSA) is 211 Å². The van der Waals surface area contributed by atoms with E-state index in [-0.39, 0.29) is 17.4 Å². The van der Waals surface area contributed by atoms with E-state index in [1.165, 1.54) is 11.1 Å². The van der Waals surface area contributed by atoms with Gasteiger partial charge in [-0.15, -0.1) is 0 Å². The Balaban J connectivity index is 0.000000200. The first-order valence-electron chi connectivity index (χ1n) is 14.8. The minimum Gasteiger partial charge on any atom is -0.412 e. The minimum absolute atomic E-state index is 0. The van der Waals surface area contributed by atoms with Crippen molar-refractivity contribution in [2.45, 2.75) is 77.3 Å². The maximum Gasteiger partial charge on any atom is 0.221 e. The molecule has 4 atom stereocenters. The second-order valence-electron chi connectivity index (χ2n) is 12.1. The van der Waals surface area contributed by atoms with Crippen molar-refractivity contribution >= 4 is 58.1 Å². The van der Waals surface area contributed by atoms with Crippen molar-refractivity contribution in [3.63, 3.8) is 0 Å². The summed E-state index contributed by atoms with van der Waals surface area (Å²) in [6.45, 7) is 8.82. The van der Waals surface area contributed by atoms with Crippen LogP contribution in [0.15, 0.2) is 36.7 Å². The van der Waals surface area contributed by atoms with Crippen molar-refractivity contribution in [2.24, 2.45) is 0 Å². The Kier molecular flexibility index (Phi) is 10.5. The van der Waals surface area contributed by atoms with Crippen molar-refractivity contribution in [2.75, 3.05) is 33.6 Å². The third-order valence-electron chi connectivity index (χ3n) is 8.24. The average Bonchev–Trinajstić information content (AvgIpc) is 2.94. The molecule has 4 heterocycles. The Bertz CT molecular complexity index is 1560. The molecule has 2 aliphatic rings. The molecule has 6 rings (SSSR count). The van der Waals surface area contributed by atoms with E-state index in [9.17, 15) is 0 Å².